The smallest absolute Gasteiger partial charge is 0.338 e. The molecule has 2 N–H and O–H groups in total. The van der Waals surface area contributed by atoms with Gasteiger partial charge in [-0.1, -0.05) is 54.6 Å². The maximum atomic E-state index is 13.1. The first kappa shape index (κ1) is 25.6. The molecule has 11 heteroatoms. The number of carbonyl (C=O) groups is 3. The Bertz CT molecular complexity index is 1430. The Hall–Kier alpha value is -5.03. The summed E-state index contributed by atoms with van der Waals surface area (Å²) in [5, 5.41) is 4.09. The van der Waals surface area contributed by atoms with Crippen molar-refractivity contribution >= 4 is 23.9 Å². The number of ether oxygens (including phenoxy) is 4. The number of nitrogens with zero attached hydrogens (tertiary/aromatic N) is 3. The van der Waals surface area contributed by atoms with Gasteiger partial charge in [-0.25, -0.2) is 24.0 Å². The highest BCUT2D eigenvalue weighted by atomic mass is 16.7. The second-order valence-corrected chi connectivity index (χ2v) is 8.58. The molecule has 4 aromatic rings. The summed E-state index contributed by atoms with van der Waals surface area (Å²) in [6.45, 7) is -0.305. The number of benzene rings is 3. The van der Waals surface area contributed by atoms with Crippen molar-refractivity contribution < 1.29 is 33.3 Å². The lowest BCUT2D eigenvalue weighted by Crippen LogP contribution is -2.41. The highest BCUT2D eigenvalue weighted by Crippen LogP contribution is 2.35. The van der Waals surface area contributed by atoms with Crippen molar-refractivity contribution in [3.05, 3.63) is 114 Å². The average molecular weight is 529 g/mol. The Balaban J connectivity index is 1.45. The van der Waals surface area contributed by atoms with Gasteiger partial charge in [0.1, 0.15) is 19.0 Å². The molecule has 0 saturated carbocycles. The number of carbonyl (C=O) groups excluding carboxylic acids is 3. The van der Waals surface area contributed by atoms with E-state index in [0.29, 0.717) is 5.56 Å². The third kappa shape index (κ3) is 5.94. The lowest BCUT2D eigenvalue weighted by atomic mass is 10.1. The topological polar surface area (TPSA) is 145 Å². The third-order valence-electron chi connectivity index (χ3n) is 5.97. The van der Waals surface area contributed by atoms with Crippen LogP contribution in [0.25, 0.3) is 0 Å². The average Bonchev–Trinajstić information content (AvgIpc) is 3.56. The van der Waals surface area contributed by atoms with E-state index < -0.39 is 42.4 Å². The predicted molar refractivity (Wildman–Crippen MR) is 136 cm³/mol. The van der Waals surface area contributed by atoms with Crippen LogP contribution in [-0.4, -0.2) is 57.6 Å². The number of anilines is 1. The normalized spacial score (nSPS) is 20.2. The minimum absolute atomic E-state index is 0.0384. The van der Waals surface area contributed by atoms with Crippen LogP contribution in [-0.2, 0) is 18.9 Å². The van der Waals surface area contributed by atoms with Crippen LogP contribution in [0.3, 0.4) is 0 Å². The summed E-state index contributed by atoms with van der Waals surface area (Å²) in [5.41, 5.74) is 6.60. The molecule has 4 unspecified atom stereocenters. The van der Waals surface area contributed by atoms with E-state index in [4.69, 9.17) is 24.7 Å². The molecule has 0 bridgehead atoms. The Morgan fingerprint density at radius 3 is 1.72 bits per heavy atom. The van der Waals surface area contributed by atoms with E-state index >= 15 is 0 Å². The molecule has 0 spiro atoms. The number of rotatable bonds is 8. The SMILES string of the molecule is Nc1ncn(C2OC(COC(=O)c3ccccc3)C(OC(=O)c3ccccc3)C2OC(=O)c2ccccc2)n1. The number of nitrogens with two attached hydrogens (primary N) is 1. The van der Waals surface area contributed by atoms with E-state index in [0.717, 1.165) is 0 Å². The number of aromatic nitrogens is 3. The van der Waals surface area contributed by atoms with Gasteiger partial charge in [-0.15, -0.1) is 5.10 Å². The van der Waals surface area contributed by atoms with E-state index in [2.05, 4.69) is 10.1 Å². The van der Waals surface area contributed by atoms with Crippen LogP contribution in [0.1, 0.15) is 37.3 Å². The van der Waals surface area contributed by atoms with Crippen molar-refractivity contribution in [3.63, 3.8) is 0 Å². The number of hydrogen-bond donors (Lipinski definition) is 1. The van der Waals surface area contributed by atoms with Gasteiger partial charge < -0.3 is 24.7 Å². The van der Waals surface area contributed by atoms with Crippen molar-refractivity contribution in [2.24, 2.45) is 0 Å². The molecule has 1 aliphatic rings. The Labute approximate surface area is 223 Å². The zero-order valence-electron chi connectivity index (χ0n) is 20.5. The number of esters is 3. The van der Waals surface area contributed by atoms with Gasteiger partial charge in [0.15, 0.2) is 18.4 Å². The summed E-state index contributed by atoms with van der Waals surface area (Å²) in [7, 11) is 0. The second-order valence-electron chi connectivity index (χ2n) is 8.58. The fraction of sp³-hybridized carbons (Fsp3) is 0.179. The van der Waals surface area contributed by atoms with E-state index in [1.165, 1.54) is 11.0 Å². The molecule has 198 valence electrons. The van der Waals surface area contributed by atoms with Crippen molar-refractivity contribution in [2.45, 2.75) is 24.5 Å². The van der Waals surface area contributed by atoms with Crippen LogP contribution >= 0.6 is 0 Å². The molecule has 2 heterocycles. The lowest BCUT2D eigenvalue weighted by Gasteiger charge is -2.24. The Morgan fingerprint density at radius 1 is 0.744 bits per heavy atom. The zero-order chi connectivity index (χ0) is 27.2. The van der Waals surface area contributed by atoms with E-state index in [-0.39, 0.29) is 23.7 Å². The molecule has 1 aromatic heterocycles. The Morgan fingerprint density at radius 2 is 1.23 bits per heavy atom. The van der Waals surface area contributed by atoms with Crippen molar-refractivity contribution in [1.82, 2.24) is 14.8 Å². The molecule has 0 radical (unpaired) electrons. The molecule has 4 atom stereocenters. The molecule has 0 aliphatic carbocycles. The predicted octanol–water partition coefficient (Wildman–Crippen LogP) is 3.07. The summed E-state index contributed by atoms with van der Waals surface area (Å²) < 4.78 is 24.5. The summed E-state index contributed by atoms with van der Waals surface area (Å²) >= 11 is 0. The summed E-state index contributed by atoms with van der Waals surface area (Å²) in [6.07, 6.45) is -3.17. The maximum absolute atomic E-state index is 13.1. The van der Waals surface area contributed by atoms with E-state index in [9.17, 15) is 14.4 Å². The van der Waals surface area contributed by atoms with Crippen LogP contribution in [0.5, 0.6) is 0 Å². The molecular weight excluding hydrogens is 504 g/mol. The fourth-order valence-electron chi connectivity index (χ4n) is 4.08. The molecule has 0 amide bonds. The Kier molecular flexibility index (Phi) is 7.60. The molecular formula is C28H24N4O7. The summed E-state index contributed by atoms with van der Waals surface area (Å²) in [5.74, 6) is -1.99. The van der Waals surface area contributed by atoms with Gasteiger partial charge in [-0.2, -0.15) is 0 Å². The monoisotopic (exact) mass is 528 g/mol. The van der Waals surface area contributed by atoms with Gasteiger partial charge in [0.05, 0.1) is 16.7 Å². The van der Waals surface area contributed by atoms with Crippen molar-refractivity contribution in [1.29, 1.82) is 0 Å². The molecule has 3 aromatic carbocycles. The van der Waals surface area contributed by atoms with Gasteiger partial charge in [0.2, 0.25) is 5.95 Å². The van der Waals surface area contributed by atoms with Gasteiger partial charge in [-0.05, 0) is 36.4 Å². The first-order valence-electron chi connectivity index (χ1n) is 12.1. The molecule has 5 rings (SSSR count). The van der Waals surface area contributed by atoms with Gasteiger partial charge >= 0.3 is 17.9 Å². The van der Waals surface area contributed by atoms with Crippen LogP contribution in [0.15, 0.2) is 97.3 Å². The molecule has 39 heavy (non-hydrogen) atoms. The summed E-state index contributed by atoms with van der Waals surface area (Å²) in [6, 6.07) is 25.0. The van der Waals surface area contributed by atoms with Crippen LogP contribution in [0.4, 0.5) is 5.95 Å². The fourth-order valence-corrected chi connectivity index (χ4v) is 4.08. The van der Waals surface area contributed by atoms with E-state index in [1.54, 1.807) is 91.0 Å². The molecule has 1 fully saturated rings. The first-order valence-corrected chi connectivity index (χ1v) is 12.1. The van der Waals surface area contributed by atoms with Gasteiger partial charge in [0.25, 0.3) is 0 Å². The maximum Gasteiger partial charge on any atom is 0.338 e. The second kappa shape index (κ2) is 11.6. The summed E-state index contributed by atoms with van der Waals surface area (Å²) in [4.78, 5) is 42.7. The van der Waals surface area contributed by atoms with Crippen LogP contribution in [0, 0.1) is 0 Å². The van der Waals surface area contributed by atoms with Gasteiger partial charge in [-0.3, -0.25) is 0 Å². The minimum atomic E-state index is -1.19. The third-order valence-corrected chi connectivity index (χ3v) is 5.97. The number of hydrogen-bond acceptors (Lipinski definition) is 10. The van der Waals surface area contributed by atoms with Crippen LogP contribution < -0.4 is 5.73 Å². The van der Waals surface area contributed by atoms with Crippen molar-refractivity contribution in [2.75, 3.05) is 12.3 Å². The molecule has 1 aliphatic heterocycles. The zero-order valence-corrected chi connectivity index (χ0v) is 20.5. The highest BCUT2D eigenvalue weighted by molar-refractivity contribution is 5.91. The minimum Gasteiger partial charge on any atom is -0.459 e. The molecule has 11 nitrogen and oxygen atoms in total. The number of nitrogen functional groups attached to an aromatic ring is 1. The highest BCUT2D eigenvalue weighted by Gasteiger charge is 2.51. The lowest BCUT2D eigenvalue weighted by molar-refractivity contribution is -0.0671. The van der Waals surface area contributed by atoms with Crippen LogP contribution in [0.2, 0.25) is 0 Å². The van der Waals surface area contributed by atoms with Crippen molar-refractivity contribution in [3.8, 4) is 0 Å². The standard InChI is InChI=1S/C28H24N4O7/c29-28-30-17-32(31-28)24-23(39-27(35)20-14-8-3-9-15-20)22(38-26(34)19-12-6-2-7-13-19)21(37-24)16-36-25(33)18-10-4-1-5-11-18/h1-15,17,21-24H,16H2,(H2,29,31). The first-order chi connectivity index (χ1) is 19.0. The van der Waals surface area contributed by atoms with Gasteiger partial charge in [0, 0.05) is 0 Å². The quantitative estimate of drug-likeness (QED) is 0.267. The largest absolute Gasteiger partial charge is 0.459 e. The van der Waals surface area contributed by atoms with E-state index in [1.807, 2.05) is 0 Å². The molecule has 1 saturated heterocycles.